The third-order valence-electron chi connectivity index (χ3n) is 4.74. The summed E-state index contributed by atoms with van der Waals surface area (Å²) < 4.78 is 7.23. The van der Waals surface area contributed by atoms with Crippen molar-refractivity contribution in [1.29, 1.82) is 0 Å². The monoisotopic (exact) mass is 345 g/mol. The van der Waals surface area contributed by atoms with Gasteiger partial charge in [0.2, 0.25) is 5.89 Å². The molecular weight excluding hydrogens is 322 g/mol. The lowest BCUT2D eigenvalue weighted by molar-refractivity contribution is 0.0651. The molecule has 1 amide bonds. The molecule has 1 N–H and O–H groups in total. The molecule has 2 aliphatic rings. The highest BCUT2D eigenvalue weighted by atomic mass is 16.5. The minimum absolute atomic E-state index is 0.00793. The number of hydrogen-bond donors (Lipinski definition) is 1. The van der Waals surface area contributed by atoms with Gasteiger partial charge in [0.25, 0.3) is 5.91 Å². The zero-order valence-electron chi connectivity index (χ0n) is 14.3. The van der Waals surface area contributed by atoms with Crippen LogP contribution >= 0.6 is 0 Å². The van der Waals surface area contributed by atoms with Gasteiger partial charge in [-0.25, -0.2) is 0 Å². The molecule has 1 atom stereocenters. The van der Waals surface area contributed by atoms with Crippen LogP contribution < -0.4 is 0 Å². The molecule has 134 valence electrons. The molecule has 8 nitrogen and oxygen atoms in total. The number of aliphatic hydroxyl groups excluding tert-OH is 1. The molecule has 2 aromatic rings. The molecule has 4 rings (SSSR count). The van der Waals surface area contributed by atoms with Crippen molar-refractivity contribution in [3.05, 3.63) is 35.7 Å². The summed E-state index contributed by atoms with van der Waals surface area (Å²) >= 11 is 0. The van der Waals surface area contributed by atoms with Gasteiger partial charge in [-0.15, -0.1) is 0 Å². The first-order valence-electron chi connectivity index (χ1n) is 8.76. The molecule has 2 fully saturated rings. The lowest BCUT2D eigenvalue weighted by atomic mass is 10.3. The van der Waals surface area contributed by atoms with Crippen LogP contribution in [0.5, 0.6) is 0 Å². The van der Waals surface area contributed by atoms with Gasteiger partial charge in [0.1, 0.15) is 5.69 Å². The molecule has 2 aromatic heterocycles. The van der Waals surface area contributed by atoms with Crippen molar-refractivity contribution in [2.24, 2.45) is 0 Å². The Hall–Kier alpha value is -2.19. The highest BCUT2D eigenvalue weighted by Crippen LogP contribution is 2.36. The number of carbonyl (C=O) groups is 1. The summed E-state index contributed by atoms with van der Waals surface area (Å²) in [5.74, 6) is 1.13. The third kappa shape index (κ3) is 3.59. The fourth-order valence-electron chi connectivity index (χ4n) is 3.39. The summed E-state index contributed by atoms with van der Waals surface area (Å²) in [6, 6.07) is 4.25. The normalized spacial score (nSPS) is 22.2. The average molecular weight is 345 g/mol. The smallest absolute Gasteiger partial charge is 0.270 e. The maximum absolute atomic E-state index is 12.9. The maximum atomic E-state index is 12.9. The van der Waals surface area contributed by atoms with Gasteiger partial charge in [-0.05, 0) is 31.9 Å². The molecule has 1 aliphatic heterocycles. The topological polar surface area (TPSA) is 87.6 Å². The van der Waals surface area contributed by atoms with E-state index < -0.39 is 6.10 Å². The van der Waals surface area contributed by atoms with Crippen molar-refractivity contribution in [3.8, 4) is 0 Å². The molecule has 25 heavy (non-hydrogen) atoms. The largest absolute Gasteiger partial charge is 0.390 e. The van der Waals surface area contributed by atoms with E-state index in [1.54, 1.807) is 11.8 Å². The van der Waals surface area contributed by atoms with E-state index in [-0.39, 0.29) is 5.91 Å². The molecule has 1 unspecified atom stereocenters. The van der Waals surface area contributed by atoms with Crippen molar-refractivity contribution >= 4 is 5.91 Å². The SMILES string of the molecule is Cc1noc(CN2CCN(C(=O)c3cccn3C3CC3)CC(O)C2)n1. The predicted molar refractivity (Wildman–Crippen MR) is 88.9 cm³/mol. The van der Waals surface area contributed by atoms with Gasteiger partial charge >= 0.3 is 0 Å². The first-order chi connectivity index (χ1) is 12.1. The fourth-order valence-corrected chi connectivity index (χ4v) is 3.39. The summed E-state index contributed by atoms with van der Waals surface area (Å²) in [6.07, 6.45) is 3.65. The van der Waals surface area contributed by atoms with Crippen LogP contribution in [0.1, 0.15) is 41.1 Å². The Morgan fingerprint density at radius 3 is 2.92 bits per heavy atom. The number of nitrogens with zero attached hydrogens (tertiary/aromatic N) is 5. The Morgan fingerprint density at radius 2 is 2.20 bits per heavy atom. The second-order valence-corrected chi connectivity index (χ2v) is 6.91. The first kappa shape index (κ1) is 16.3. The predicted octanol–water partition coefficient (Wildman–Crippen LogP) is 0.833. The molecule has 0 aromatic carbocycles. The standard InChI is InChI=1S/C17H23N5O3/c1-12-18-16(25-19-12)11-20-7-8-21(10-14(23)9-20)17(24)15-3-2-6-22(15)13-4-5-13/h2-3,6,13-14,23H,4-5,7-11H2,1H3. The molecule has 3 heterocycles. The Kier molecular flexibility index (Phi) is 4.30. The van der Waals surface area contributed by atoms with E-state index in [0.717, 1.165) is 18.5 Å². The summed E-state index contributed by atoms with van der Waals surface area (Å²) in [5.41, 5.74) is 0.718. The Balaban J connectivity index is 1.43. The van der Waals surface area contributed by atoms with Crippen LogP contribution in [-0.2, 0) is 6.54 Å². The van der Waals surface area contributed by atoms with Crippen LogP contribution in [0.2, 0.25) is 0 Å². The Morgan fingerprint density at radius 1 is 1.36 bits per heavy atom. The van der Waals surface area contributed by atoms with E-state index >= 15 is 0 Å². The summed E-state index contributed by atoms with van der Waals surface area (Å²) in [6.45, 7) is 4.31. The number of hydrogen-bond acceptors (Lipinski definition) is 6. The summed E-state index contributed by atoms with van der Waals surface area (Å²) in [5, 5.41) is 14.1. The minimum atomic E-state index is -0.597. The van der Waals surface area contributed by atoms with E-state index in [1.807, 2.05) is 23.2 Å². The van der Waals surface area contributed by atoms with E-state index in [0.29, 0.717) is 50.5 Å². The Labute approximate surface area is 146 Å². The minimum Gasteiger partial charge on any atom is -0.390 e. The summed E-state index contributed by atoms with van der Waals surface area (Å²) in [7, 11) is 0. The molecule has 0 spiro atoms. The molecule has 1 saturated carbocycles. The number of aryl methyl sites for hydroxylation is 1. The third-order valence-corrected chi connectivity index (χ3v) is 4.74. The molecule has 8 heteroatoms. The molecule has 0 radical (unpaired) electrons. The van der Waals surface area contributed by atoms with Crippen LogP contribution in [0.3, 0.4) is 0 Å². The van der Waals surface area contributed by atoms with Crippen LogP contribution in [0, 0.1) is 6.92 Å². The molecule has 1 saturated heterocycles. The number of aromatic nitrogens is 3. The van der Waals surface area contributed by atoms with Crippen LogP contribution in [-0.4, -0.2) is 67.8 Å². The second-order valence-electron chi connectivity index (χ2n) is 6.91. The number of aliphatic hydroxyl groups is 1. The highest BCUT2D eigenvalue weighted by molar-refractivity contribution is 5.93. The Bertz CT molecular complexity index is 751. The zero-order valence-corrected chi connectivity index (χ0v) is 14.3. The van der Waals surface area contributed by atoms with Crippen molar-refractivity contribution in [2.75, 3.05) is 26.2 Å². The van der Waals surface area contributed by atoms with Gasteiger partial charge in [-0.3, -0.25) is 9.69 Å². The van der Waals surface area contributed by atoms with Gasteiger partial charge in [0.05, 0.1) is 12.6 Å². The van der Waals surface area contributed by atoms with Gasteiger partial charge in [-0.1, -0.05) is 5.16 Å². The molecular formula is C17H23N5O3. The average Bonchev–Trinajstić information content (AvgIpc) is 3.22. The maximum Gasteiger partial charge on any atom is 0.270 e. The first-order valence-corrected chi connectivity index (χ1v) is 8.76. The number of amides is 1. The number of carbonyl (C=O) groups excluding carboxylic acids is 1. The van der Waals surface area contributed by atoms with Crippen LogP contribution in [0.4, 0.5) is 0 Å². The number of rotatable bonds is 4. The number of β-amino-alcohol motifs (C(OH)–C–C–N with tert-alkyl or cyclic N) is 1. The van der Waals surface area contributed by atoms with E-state index in [1.165, 1.54) is 0 Å². The van der Waals surface area contributed by atoms with Crippen LogP contribution in [0.25, 0.3) is 0 Å². The van der Waals surface area contributed by atoms with Gasteiger partial charge in [-0.2, -0.15) is 4.98 Å². The van der Waals surface area contributed by atoms with Crippen LogP contribution in [0.15, 0.2) is 22.9 Å². The zero-order chi connectivity index (χ0) is 17.4. The van der Waals surface area contributed by atoms with Crippen molar-refractivity contribution in [1.82, 2.24) is 24.5 Å². The highest BCUT2D eigenvalue weighted by Gasteiger charge is 2.31. The second kappa shape index (κ2) is 6.61. The lowest BCUT2D eigenvalue weighted by Gasteiger charge is -2.22. The van der Waals surface area contributed by atoms with Gasteiger partial charge < -0.3 is 19.1 Å². The van der Waals surface area contributed by atoms with E-state index in [2.05, 4.69) is 14.7 Å². The van der Waals surface area contributed by atoms with E-state index in [9.17, 15) is 9.90 Å². The molecule has 0 bridgehead atoms. The van der Waals surface area contributed by atoms with Crippen molar-refractivity contribution < 1.29 is 14.4 Å². The quantitative estimate of drug-likeness (QED) is 0.883. The summed E-state index contributed by atoms with van der Waals surface area (Å²) in [4.78, 5) is 20.9. The van der Waals surface area contributed by atoms with Crippen molar-refractivity contribution in [3.63, 3.8) is 0 Å². The van der Waals surface area contributed by atoms with E-state index in [4.69, 9.17) is 4.52 Å². The lowest BCUT2D eigenvalue weighted by Crippen LogP contribution is -2.38. The van der Waals surface area contributed by atoms with Crippen molar-refractivity contribution in [2.45, 2.75) is 38.5 Å². The van der Waals surface area contributed by atoms with Gasteiger partial charge in [0, 0.05) is 38.4 Å². The van der Waals surface area contributed by atoms with Gasteiger partial charge in [0.15, 0.2) is 5.82 Å². The fraction of sp³-hybridized carbons (Fsp3) is 0.588. The molecule has 1 aliphatic carbocycles.